The van der Waals surface area contributed by atoms with Crippen LogP contribution in [0.25, 0.3) is 148 Å². The third kappa shape index (κ3) is 4.69. The molecule has 0 aliphatic heterocycles. The molecule has 3 heteroatoms. The Bertz CT molecular complexity index is 4720. The molecule has 0 fully saturated rings. The van der Waals surface area contributed by atoms with E-state index in [-0.39, 0.29) is 0 Å². The van der Waals surface area contributed by atoms with Crippen LogP contribution in [0, 0.1) is 0 Å². The van der Waals surface area contributed by atoms with E-state index in [0.717, 1.165) is 5.69 Å². The van der Waals surface area contributed by atoms with Gasteiger partial charge in [-0.05, 0) is 116 Å². The smallest absolute Gasteiger partial charge is 0.0620 e. The maximum absolute atomic E-state index is 2.48. The van der Waals surface area contributed by atoms with Crippen molar-refractivity contribution >= 4 is 114 Å². The van der Waals surface area contributed by atoms with E-state index in [1.807, 2.05) is 0 Å². The zero-order valence-electron chi connectivity index (χ0n) is 36.2. The summed E-state index contributed by atoms with van der Waals surface area (Å²) in [7, 11) is 0. The molecule has 0 spiro atoms. The molecule has 67 heavy (non-hydrogen) atoms. The summed E-state index contributed by atoms with van der Waals surface area (Å²) in [4.78, 5) is 0. The first-order valence-corrected chi connectivity index (χ1v) is 23.3. The fourth-order valence-electron chi connectivity index (χ4n) is 12.2. The van der Waals surface area contributed by atoms with Crippen molar-refractivity contribution in [2.75, 3.05) is 0 Å². The Kier molecular flexibility index (Phi) is 6.81. The van der Waals surface area contributed by atoms with Crippen LogP contribution in [0.5, 0.6) is 0 Å². The van der Waals surface area contributed by atoms with E-state index in [9.17, 15) is 0 Å². The summed E-state index contributed by atoms with van der Waals surface area (Å²) >= 11 is 0. The second kappa shape index (κ2) is 12.9. The summed E-state index contributed by atoms with van der Waals surface area (Å²) in [5.41, 5.74) is 15.8. The van der Waals surface area contributed by atoms with Crippen LogP contribution >= 0.6 is 0 Å². The van der Waals surface area contributed by atoms with Gasteiger partial charge < -0.3 is 13.5 Å². The van der Waals surface area contributed by atoms with Crippen molar-refractivity contribution in [3.05, 3.63) is 224 Å². The van der Waals surface area contributed by atoms with Crippen molar-refractivity contribution in [3.63, 3.8) is 0 Å². The van der Waals surface area contributed by atoms with Crippen molar-refractivity contribution in [2.45, 2.75) is 0 Å². The molecular weight excluding hydrogens is 811 g/mol. The topological polar surface area (TPSA) is 14.3 Å². The van der Waals surface area contributed by atoms with Crippen LogP contribution in [-0.4, -0.2) is 13.5 Å². The summed E-state index contributed by atoms with van der Waals surface area (Å²) in [5.74, 6) is 0. The van der Waals surface area contributed by atoms with Crippen molar-refractivity contribution in [1.29, 1.82) is 0 Å². The van der Waals surface area contributed by atoms with Crippen molar-refractivity contribution < 1.29 is 0 Å². The minimum Gasteiger partial charge on any atom is -0.309 e. The highest BCUT2D eigenvalue weighted by Crippen LogP contribution is 2.44. The molecule has 0 radical (unpaired) electrons. The van der Waals surface area contributed by atoms with Crippen LogP contribution in [0.2, 0.25) is 0 Å². The SMILES string of the molecule is c1cc2ccc3ccc(-n4c5ccccc5c5cc(-c6ccc7c(c6)c6ccccc6n7-c6ccc(-c7ccc8c9cccc%10c%11ccccc%11n(c8c7)c%109)cc6)ccc54)c4ccc(c1)c2c34. The molecule has 0 saturated heterocycles. The van der Waals surface area contributed by atoms with Crippen LogP contribution in [0.4, 0.5) is 0 Å². The van der Waals surface area contributed by atoms with Gasteiger partial charge in [0.1, 0.15) is 0 Å². The van der Waals surface area contributed by atoms with Crippen LogP contribution < -0.4 is 0 Å². The highest BCUT2D eigenvalue weighted by Gasteiger charge is 2.20. The monoisotopic (exact) mass is 847 g/mol. The predicted molar refractivity (Wildman–Crippen MR) is 284 cm³/mol. The van der Waals surface area contributed by atoms with E-state index in [4.69, 9.17) is 0 Å². The Morgan fingerprint density at radius 1 is 0.239 bits per heavy atom. The Balaban J connectivity index is 0.811. The van der Waals surface area contributed by atoms with Crippen molar-refractivity contribution in [1.82, 2.24) is 13.5 Å². The van der Waals surface area contributed by atoms with E-state index < -0.39 is 0 Å². The second-order valence-corrected chi connectivity index (χ2v) is 18.4. The summed E-state index contributed by atoms with van der Waals surface area (Å²) in [5, 5.41) is 18.0. The fourth-order valence-corrected chi connectivity index (χ4v) is 12.2. The number of hydrogen-bond donors (Lipinski definition) is 0. The zero-order chi connectivity index (χ0) is 43.5. The van der Waals surface area contributed by atoms with Gasteiger partial charge >= 0.3 is 0 Å². The molecule has 12 aromatic carbocycles. The maximum atomic E-state index is 2.48. The minimum absolute atomic E-state index is 1.15. The third-order valence-electron chi connectivity index (χ3n) is 15.1. The van der Waals surface area contributed by atoms with Gasteiger partial charge in [0.05, 0.1) is 44.3 Å². The Labute approximate surface area is 383 Å². The Morgan fingerprint density at radius 2 is 0.701 bits per heavy atom. The summed E-state index contributed by atoms with van der Waals surface area (Å²) in [6, 6.07) is 83.8. The average molecular weight is 848 g/mol. The number of hydrogen-bond acceptors (Lipinski definition) is 0. The third-order valence-corrected chi connectivity index (χ3v) is 15.1. The molecule has 0 atom stereocenters. The van der Waals surface area contributed by atoms with Gasteiger partial charge in [0.2, 0.25) is 0 Å². The molecule has 0 aliphatic rings. The first-order valence-electron chi connectivity index (χ1n) is 23.3. The van der Waals surface area contributed by atoms with E-state index in [1.54, 1.807) is 0 Å². The lowest BCUT2D eigenvalue weighted by molar-refractivity contribution is 1.18. The van der Waals surface area contributed by atoms with Crippen LogP contribution in [-0.2, 0) is 0 Å². The molecule has 4 aromatic heterocycles. The number of nitrogens with zero attached hydrogens (tertiary/aromatic N) is 3. The molecule has 16 rings (SSSR count). The molecule has 16 aromatic rings. The van der Waals surface area contributed by atoms with E-state index in [0.29, 0.717) is 0 Å². The van der Waals surface area contributed by atoms with Gasteiger partial charge in [0.15, 0.2) is 0 Å². The lowest BCUT2D eigenvalue weighted by Crippen LogP contribution is -1.96. The molecule has 3 nitrogen and oxygen atoms in total. The lowest BCUT2D eigenvalue weighted by atomic mass is 9.93. The quantitative estimate of drug-likeness (QED) is 0.157. The van der Waals surface area contributed by atoms with E-state index in [1.165, 1.54) is 142 Å². The Morgan fingerprint density at radius 3 is 1.40 bits per heavy atom. The Hall–Kier alpha value is -8.92. The van der Waals surface area contributed by atoms with Gasteiger partial charge in [-0.2, -0.15) is 0 Å². The average Bonchev–Trinajstić information content (AvgIpc) is 4.12. The van der Waals surface area contributed by atoms with Gasteiger partial charge in [-0.1, -0.05) is 158 Å². The normalized spacial score (nSPS) is 12.5. The maximum Gasteiger partial charge on any atom is 0.0620 e. The highest BCUT2D eigenvalue weighted by atomic mass is 15.0. The molecular formula is C64H37N3. The molecule has 0 amide bonds. The molecule has 0 N–H and O–H groups in total. The lowest BCUT2D eigenvalue weighted by Gasteiger charge is -2.16. The number of para-hydroxylation sites is 4. The van der Waals surface area contributed by atoms with E-state index >= 15 is 0 Å². The van der Waals surface area contributed by atoms with Crippen LogP contribution in [0.1, 0.15) is 0 Å². The van der Waals surface area contributed by atoms with Gasteiger partial charge in [-0.25, -0.2) is 0 Å². The summed E-state index contributed by atoms with van der Waals surface area (Å²) in [6.07, 6.45) is 0. The second-order valence-electron chi connectivity index (χ2n) is 18.4. The van der Waals surface area contributed by atoms with Gasteiger partial charge in [0, 0.05) is 54.2 Å². The predicted octanol–water partition coefficient (Wildman–Crippen LogP) is 17.3. The summed E-state index contributed by atoms with van der Waals surface area (Å²) < 4.78 is 7.37. The van der Waals surface area contributed by atoms with Gasteiger partial charge in [0.25, 0.3) is 0 Å². The number of aromatic nitrogens is 3. The standard InChI is InChI=1S/C64H37N3/c1-6-18-57-46(11-1)50-14-8-15-51-49-30-24-44(37-61(49)67(57)64(50)51)38-21-28-45(29-22-38)65-55-16-4-2-12-47(55)53-35-42(26-33-59(53)65)43-27-34-60-54(36-43)48-13-3-5-17-56(48)66(60)58-32-25-41-20-19-39-9-7-10-40-23-31-52(58)63(41)62(39)40/h1-37H. The molecule has 0 unspecified atom stereocenters. The fraction of sp³-hybridized carbons (Fsp3) is 0. The first kappa shape index (κ1) is 35.4. The number of rotatable bonds is 4. The molecule has 0 saturated carbocycles. The molecule has 308 valence electrons. The number of benzene rings is 12. The largest absolute Gasteiger partial charge is 0.309 e. The number of fused-ring (bicyclic) bond motifs is 12. The van der Waals surface area contributed by atoms with Crippen LogP contribution in [0.15, 0.2) is 224 Å². The molecule has 0 aliphatic carbocycles. The minimum atomic E-state index is 1.15. The van der Waals surface area contributed by atoms with Gasteiger partial charge in [-0.15, -0.1) is 0 Å². The van der Waals surface area contributed by atoms with Crippen molar-refractivity contribution in [3.8, 4) is 33.6 Å². The first-order chi connectivity index (χ1) is 33.2. The molecule has 4 heterocycles. The molecule has 0 bridgehead atoms. The summed E-state index contributed by atoms with van der Waals surface area (Å²) in [6.45, 7) is 0. The van der Waals surface area contributed by atoms with Crippen LogP contribution in [0.3, 0.4) is 0 Å². The van der Waals surface area contributed by atoms with Crippen molar-refractivity contribution in [2.24, 2.45) is 0 Å². The highest BCUT2D eigenvalue weighted by molar-refractivity contribution is 6.26. The van der Waals surface area contributed by atoms with E-state index in [2.05, 4.69) is 238 Å². The zero-order valence-corrected chi connectivity index (χ0v) is 36.2. The van der Waals surface area contributed by atoms with Gasteiger partial charge in [-0.3, -0.25) is 0 Å².